The maximum absolute atomic E-state index is 2.57. The molecule has 2 aliphatic rings. The molecule has 0 aliphatic heterocycles. The van der Waals surface area contributed by atoms with Crippen LogP contribution in [0.4, 0.5) is 0 Å². The Morgan fingerprint density at radius 3 is 2.30 bits per heavy atom. The van der Waals surface area contributed by atoms with Gasteiger partial charge in [0.25, 0.3) is 0 Å². The van der Waals surface area contributed by atoms with Crippen molar-refractivity contribution in [3.63, 3.8) is 0 Å². The van der Waals surface area contributed by atoms with Gasteiger partial charge in [0.15, 0.2) is 0 Å². The van der Waals surface area contributed by atoms with Crippen LogP contribution in [0.1, 0.15) is 86.0 Å². The molecule has 0 radical (unpaired) electrons. The summed E-state index contributed by atoms with van der Waals surface area (Å²) in [6.45, 7) is 12.3. The Morgan fingerprint density at radius 1 is 0.850 bits per heavy atom. The third kappa shape index (κ3) is 4.01. The molecule has 0 spiro atoms. The third-order valence-electron chi connectivity index (χ3n) is 6.63. The average molecular weight is 279 g/mol. The Hall–Kier alpha value is 0. The highest BCUT2D eigenvalue weighted by Crippen LogP contribution is 2.50. The zero-order valence-electron chi connectivity index (χ0n) is 14.7. The molecular formula is C20H38. The Kier molecular flexibility index (Phi) is 5.99. The fourth-order valence-corrected chi connectivity index (χ4v) is 5.30. The normalized spacial score (nSPS) is 39.6. The molecule has 0 heteroatoms. The third-order valence-corrected chi connectivity index (χ3v) is 6.63. The molecule has 0 bridgehead atoms. The first kappa shape index (κ1) is 16.4. The second-order valence-corrected chi connectivity index (χ2v) is 8.77. The molecule has 0 aromatic rings. The maximum Gasteiger partial charge on any atom is -0.0350 e. The predicted molar refractivity (Wildman–Crippen MR) is 89.7 cm³/mol. The minimum atomic E-state index is 0.885. The molecule has 0 nitrogen and oxygen atoms in total. The highest BCUT2D eigenvalue weighted by molar-refractivity contribution is 4.91. The highest BCUT2D eigenvalue weighted by Gasteiger charge is 2.41. The Bertz CT molecular complexity index is 280. The minimum absolute atomic E-state index is 0.885. The van der Waals surface area contributed by atoms with Crippen LogP contribution in [0.15, 0.2) is 0 Å². The summed E-state index contributed by atoms with van der Waals surface area (Å²) < 4.78 is 0. The maximum atomic E-state index is 2.57. The lowest BCUT2D eigenvalue weighted by Gasteiger charge is -2.48. The van der Waals surface area contributed by atoms with E-state index in [4.69, 9.17) is 0 Å². The predicted octanol–water partition coefficient (Wildman–Crippen LogP) is 6.55. The lowest BCUT2D eigenvalue weighted by molar-refractivity contribution is 0.0122. The second kappa shape index (κ2) is 7.32. The fourth-order valence-electron chi connectivity index (χ4n) is 5.30. The SMILES string of the molecule is CC(C)CCCC(C)C1CCC(C)C2CCC(C)CC21. The Labute approximate surface area is 128 Å². The monoisotopic (exact) mass is 278 g/mol. The molecule has 0 saturated heterocycles. The summed E-state index contributed by atoms with van der Waals surface area (Å²) in [4.78, 5) is 0. The van der Waals surface area contributed by atoms with Gasteiger partial charge in [-0.05, 0) is 60.7 Å². The molecule has 6 unspecified atom stereocenters. The van der Waals surface area contributed by atoms with Crippen molar-refractivity contribution in [1.29, 1.82) is 0 Å². The van der Waals surface area contributed by atoms with Crippen molar-refractivity contribution in [3.05, 3.63) is 0 Å². The largest absolute Gasteiger partial charge is 0.0628 e. The summed E-state index contributed by atoms with van der Waals surface area (Å²) in [5, 5.41) is 0. The van der Waals surface area contributed by atoms with Crippen molar-refractivity contribution in [2.45, 2.75) is 86.0 Å². The number of hydrogen-bond donors (Lipinski definition) is 0. The van der Waals surface area contributed by atoms with Gasteiger partial charge in [0, 0.05) is 0 Å². The standard InChI is InChI=1S/C20H38/c1-14(2)7-6-8-16(4)19-12-10-17(5)18-11-9-15(3)13-20(18)19/h14-20H,6-13H2,1-5H3. The Balaban J connectivity index is 1.91. The van der Waals surface area contributed by atoms with Gasteiger partial charge in [0.1, 0.15) is 0 Å². The number of hydrogen-bond acceptors (Lipinski definition) is 0. The van der Waals surface area contributed by atoms with Gasteiger partial charge in [-0.3, -0.25) is 0 Å². The van der Waals surface area contributed by atoms with E-state index in [-0.39, 0.29) is 0 Å². The van der Waals surface area contributed by atoms with Crippen LogP contribution in [0, 0.1) is 41.4 Å². The number of rotatable bonds is 5. The zero-order chi connectivity index (χ0) is 14.7. The van der Waals surface area contributed by atoms with E-state index in [1.54, 1.807) is 0 Å². The lowest BCUT2D eigenvalue weighted by atomic mass is 9.57. The highest BCUT2D eigenvalue weighted by atomic mass is 14.5. The van der Waals surface area contributed by atoms with E-state index in [2.05, 4.69) is 34.6 Å². The zero-order valence-corrected chi connectivity index (χ0v) is 14.7. The molecule has 0 amide bonds. The van der Waals surface area contributed by atoms with Gasteiger partial charge in [-0.1, -0.05) is 66.7 Å². The summed E-state index contributed by atoms with van der Waals surface area (Å²) in [5.74, 6) is 7.04. The Morgan fingerprint density at radius 2 is 1.60 bits per heavy atom. The van der Waals surface area contributed by atoms with Crippen LogP contribution in [0.25, 0.3) is 0 Å². The second-order valence-electron chi connectivity index (χ2n) is 8.77. The summed E-state index contributed by atoms with van der Waals surface area (Å²) in [7, 11) is 0. The van der Waals surface area contributed by atoms with Crippen LogP contribution in [-0.4, -0.2) is 0 Å². The molecular weight excluding hydrogens is 240 g/mol. The fraction of sp³-hybridized carbons (Fsp3) is 1.00. The van der Waals surface area contributed by atoms with Crippen molar-refractivity contribution < 1.29 is 0 Å². The van der Waals surface area contributed by atoms with Crippen LogP contribution >= 0.6 is 0 Å². The van der Waals surface area contributed by atoms with E-state index in [1.165, 1.54) is 51.4 Å². The van der Waals surface area contributed by atoms with Gasteiger partial charge in [-0.15, -0.1) is 0 Å². The van der Waals surface area contributed by atoms with E-state index in [0.29, 0.717) is 0 Å². The van der Waals surface area contributed by atoms with Crippen molar-refractivity contribution in [2.75, 3.05) is 0 Å². The van der Waals surface area contributed by atoms with Crippen molar-refractivity contribution in [1.82, 2.24) is 0 Å². The first-order chi connectivity index (χ1) is 9.49. The van der Waals surface area contributed by atoms with Crippen LogP contribution in [0.3, 0.4) is 0 Å². The number of fused-ring (bicyclic) bond motifs is 1. The molecule has 2 rings (SSSR count). The minimum Gasteiger partial charge on any atom is -0.0628 e. The molecule has 0 N–H and O–H groups in total. The van der Waals surface area contributed by atoms with E-state index in [0.717, 1.165) is 41.4 Å². The summed E-state index contributed by atoms with van der Waals surface area (Å²) in [6, 6.07) is 0. The van der Waals surface area contributed by atoms with Crippen LogP contribution in [-0.2, 0) is 0 Å². The average Bonchev–Trinajstić information content (AvgIpc) is 2.38. The first-order valence-electron chi connectivity index (χ1n) is 9.49. The van der Waals surface area contributed by atoms with Crippen LogP contribution < -0.4 is 0 Å². The molecule has 118 valence electrons. The van der Waals surface area contributed by atoms with E-state index in [9.17, 15) is 0 Å². The molecule has 0 heterocycles. The summed E-state index contributed by atoms with van der Waals surface area (Å²) >= 11 is 0. The van der Waals surface area contributed by atoms with Crippen molar-refractivity contribution >= 4 is 0 Å². The molecule has 20 heavy (non-hydrogen) atoms. The van der Waals surface area contributed by atoms with Gasteiger partial charge >= 0.3 is 0 Å². The first-order valence-corrected chi connectivity index (χ1v) is 9.49. The molecule has 2 aliphatic carbocycles. The van der Waals surface area contributed by atoms with Crippen LogP contribution in [0.2, 0.25) is 0 Å². The van der Waals surface area contributed by atoms with Crippen molar-refractivity contribution in [2.24, 2.45) is 41.4 Å². The molecule has 2 saturated carbocycles. The topological polar surface area (TPSA) is 0 Å². The van der Waals surface area contributed by atoms with Crippen LogP contribution in [0.5, 0.6) is 0 Å². The van der Waals surface area contributed by atoms with Gasteiger partial charge < -0.3 is 0 Å². The van der Waals surface area contributed by atoms with Crippen molar-refractivity contribution in [3.8, 4) is 0 Å². The van der Waals surface area contributed by atoms with Gasteiger partial charge in [0.2, 0.25) is 0 Å². The smallest absolute Gasteiger partial charge is 0.0350 e. The summed E-state index contributed by atoms with van der Waals surface area (Å²) in [6.07, 6.45) is 12.0. The van der Waals surface area contributed by atoms with E-state index in [1.807, 2.05) is 0 Å². The van der Waals surface area contributed by atoms with Gasteiger partial charge in [0.05, 0.1) is 0 Å². The molecule has 2 fully saturated rings. The van der Waals surface area contributed by atoms with E-state index < -0.39 is 0 Å². The molecule has 6 atom stereocenters. The van der Waals surface area contributed by atoms with E-state index >= 15 is 0 Å². The van der Waals surface area contributed by atoms with Gasteiger partial charge in [-0.2, -0.15) is 0 Å². The summed E-state index contributed by atoms with van der Waals surface area (Å²) in [5.41, 5.74) is 0. The quantitative estimate of drug-likeness (QED) is 0.535. The molecule has 0 aromatic carbocycles. The lowest BCUT2D eigenvalue weighted by Crippen LogP contribution is -2.40. The van der Waals surface area contributed by atoms with Gasteiger partial charge in [-0.25, -0.2) is 0 Å². The molecule has 0 aromatic heterocycles.